The van der Waals surface area contributed by atoms with Gasteiger partial charge in [-0.2, -0.15) is 0 Å². The average molecular weight is 244 g/mol. The maximum atomic E-state index is 10.5. The predicted molar refractivity (Wildman–Crippen MR) is 74.2 cm³/mol. The van der Waals surface area contributed by atoms with E-state index in [1.807, 2.05) is 26.0 Å². The lowest BCUT2D eigenvalue weighted by Gasteiger charge is -2.32. The molecule has 2 nitrogen and oxygen atoms in total. The van der Waals surface area contributed by atoms with Crippen LogP contribution in [0.3, 0.4) is 0 Å². The van der Waals surface area contributed by atoms with Gasteiger partial charge in [0.1, 0.15) is 5.75 Å². The van der Waals surface area contributed by atoms with E-state index in [1.165, 1.54) is 0 Å². The second-order valence-electron chi connectivity index (χ2n) is 5.15. The normalized spacial score (nSPS) is 24.2. The molecule has 0 heterocycles. The van der Waals surface area contributed by atoms with E-state index >= 15 is 0 Å². The highest BCUT2D eigenvalue weighted by Gasteiger charge is 2.30. The van der Waals surface area contributed by atoms with E-state index in [-0.39, 0.29) is 11.7 Å². The van der Waals surface area contributed by atoms with Crippen molar-refractivity contribution in [1.82, 2.24) is 0 Å². The summed E-state index contributed by atoms with van der Waals surface area (Å²) in [6.07, 6.45) is 1.31. The van der Waals surface area contributed by atoms with E-state index in [0.717, 1.165) is 35.1 Å². The topological polar surface area (TPSA) is 40.5 Å². The van der Waals surface area contributed by atoms with Crippen LogP contribution in [0, 0.1) is 5.92 Å². The van der Waals surface area contributed by atoms with Crippen LogP contribution in [0.2, 0.25) is 0 Å². The molecule has 18 heavy (non-hydrogen) atoms. The van der Waals surface area contributed by atoms with Gasteiger partial charge in [-0.25, -0.2) is 0 Å². The lowest BCUT2D eigenvalue weighted by atomic mass is 9.76. The Balaban J connectivity index is 2.47. The molecule has 2 heteroatoms. The number of benzene rings is 1. The molecule has 0 amide bonds. The molecule has 0 saturated heterocycles. The van der Waals surface area contributed by atoms with E-state index in [1.54, 1.807) is 12.1 Å². The van der Waals surface area contributed by atoms with Gasteiger partial charge in [0.15, 0.2) is 0 Å². The Kier molecular flexibility index (Phi) is 3.58. The summed E-state index contributed by atoms with van der Waals surface area (Å²) in [7, 11) is 0. The lowest BCUT2D eigenvalue weighted by molar-refractivity contribution is 0.167. The van der Waals surface area contributed by atoms with Crippen molar-refractivity contribution in [2.45, 2.75) is 32.8 Å². The summed E-state index contributed by atoms with van der Waals surface area (Å²) in [5.41, 5.74) is 3.77. The fraction of sp³-hybridized carbons (Fsp3) is 0.375. The fourth-order valence-electron chi connectivity index (χ4n) is 2.72. The summed E-state index contributed by atoms with van der Waals surface area (Å²) in [5.74, 6) is 0.316. The summed E-state index contributed by atoms with van der Waals surface area (Å²) in [6.45, 7) is 7.94. The van der Waals surface area contributed by atoms with Crippen LogP contribution < -0.4 is 0 Å². The highest BCUT2D eigenvalue weighted by molar-refractivity contribution is 5.76. The molecular formula is C16H20O2. The van der Waals surface area contributed by atoms with Crippen LogP contribution in [0.15, 0.2) is 42.0 Å². The molecule has 0 saturated carbocycles. The van der Waals surface area contributed by atoms with Crippen LogP contribution in [0.5, 0.6) is 5.75 Å². The van der Waals surface area contributed by atoms with Crippen LogP contribution in [-0.2, 0) is 0 Å². The molecule has 1 unspecified atom stereocenters. The lowest BCUT2D eigenvalue weighted by Crippen LogP contribution is -2.27. The molecule has 0 fully saturated rings. The highest BCUT2D eigenvalue weighted by atomic mass is 16.3. The molecule has 1 aliphatic rings. The van der Waals surface area contributed by atoms with Crippen LogP contribution in [0.1, 0.15) is 32.3 Å². The highest BCUT2D eigenvalue weighted by Crippen LogP contribution is 2.40. The standard InChI is InChI=1S/C16H20O2/c1-10(2)12-9-8-11(3)15(16(12)18)13-6-4-5-7-14(13)17/h4-7,12,16-18H,1,8-9H2,2-3H3/t12-,16?/m0/s1. The van der Waals surface area contributed by atoms with E-state index < -0.39 is 6.10 Å². The monoisotopic (exact) mass is 244 g/mol. The number of para-hydroxylation sites is 1. The zero-order valence-corrected chi connectivity index (χ0v) is 11.0. The Bertz CT molecular complexity index is 500. The first-order valence-corrected chi connectivity index (χ1v) is 6.34. The van der Waals surface area contributed by atoms with Crippen LogP contribution in [-0.4, -0.2) is 16.3 Å². The molecule has 2 rings (SSSR count). The number of aliphatic hydroxyl groups excluding tert-OH is 1. The van der Waals surface area contributed by atoms with Gasteiger partial charge in [-0.05, 0) is 38.3 Å². The maximum absolute atomic E-state index is 10.5. The van der Waals surface area contributed by atoms with Crippen LogP contribution in [0.25, 0.3) is 5.57 Å². The molecule has 1 aromatic carbocycles. The Morgan fingerprint density at radius 3 is 2.61 bits per heavy atom. The molecule has 0 radical (unpaired) electrons. The second kappa shape index (κ2) is 4.99. The van der Waals surface area contributed by atoms with E-state index in [2.05, 4.69) is 6.58 Å². The maximum Gasteiger partial charge on any atom is 0.123 e. The van der Waals surface area contributed by atoms with Crippen LogP contribution in [0.4, 0.5) is 0 Å². The second-order valence-corrected chi connectivity index (χ2v) is 5.15. The third-order valence-corrected chi connectivity index (χ3v) is 3.79. The first-order chi connectivity index (χ1) is 8.52. The van der Waals surface area contributed by atoms with Crippen molar-refractivity contribution < 1.29 is 10.2 Å². The molecule has 0 spiro atoms. The minimum absolute atomic E-state index is 0.0864. The van der Waals surface area contributed by atoms with Gasteiger partial charge in [0, 0.05) is 11.5 Å². The number of hydrogen-bond donors (Lipinski definition) is 2. The first-order valence-electron chi connectivity index (χ1n) is 6.34. The number of phenolic OH excluding ortho intramolecular Hbond substituents is 1. The van der Waals surface area contributed by atoms with Gasteiger partial charge in [0.05, 0.1) is 6.10 Å². The van der Waals surface area contributed by atoms with E-state index in [4.69, 9.17) is 0 Å². The SMILES string of the molecule is C=C(C)[C@@H]1CCC(C)=C(c2ccccc2O)C1O. The Morgan fingerprint density at radius 2 is 2.00 bits per heavy atom. The number of aliphatic hydroxyl groups is 1. The quantitative estimate of drug-likeness (QED) is 0.781. The third kappa shape index (κ3) is 2.21. The van der Waals surface area contributed by atoms with Crippen LogP contribution >= 0.6 is 0 Å². The average Bonchev–Trinajstić information content (AvgIpc) is 2.31. The summed E-state index contributed by atoms with van der Waals surface area (Å²) in [6, 6.07) is 7.19. The summed E-state index contributed by atoms with van der Waals surface area (Å²) in [4.78, 5) is 0. The number of phenols is 1. The molecule has 0 aromatic heterocycles. The van der Waals surface area contributed by atoms with Crippen molar-refractivity contribution in [1.29, 1.82) is 0 Å². The smallest absolute Gasteiger partial charge is 0.123 e. The summed E-state index contributed by atoms with van der Waals surface area (Å²) >= 11 is 0. The van der Waals surface area contributed by atoms with Gasteiger partial charge in [-0.3, -0.25) is 0 Å². The minimum Gasteiger partial charge on any atom is -0.507 e. The molecule has 2 atom stereocenters. The van der Waals surface area contributed by atoms with Gasteiger partial charge in [-0.1, -0.05) is 35.9 Å². The Labute approximate surface area is 108 Å². The number of rotatable bonds is 2. The summed E-state index contributed by atoms with van der Waals surface area (Å²) < 4.78 is 0. The molecule has 96 valence electrons. The van der Waals surface area contributed by atoms with Gasteiger partial charge < -0.3 is 10.2 Å². The van der Waals surface area contributed by atoms with E-state index in [0.29, 0.717) is 0 Å². The Hall–Kier alpha value is -1.54. The van der Waals surface area contributed by atoms with Crippen molar-refractivity contribution in [3.05, 3.63) is 47.6 Å². The fourth-order valence-corrected chi connectivity index (χ4v) is 2.72. The molecule has 0 aliphatic heterocycles. The number of aromatic hydroxyl groups is 1. The zero-order valence-electron chi connectivity index (χ0n) is 11.0. The predicted octanol–water partition coefficient (Wildman–Crippen LogP) is 3.51. The molecule has 0 bridgehead atoms. The van der Waals surface area contributed by atoms with E-state index in [9.17, 15) is 10.2 Å². The van der Waals surface area contributed by atoms with Gasteiger partial charge in [-0.15, -0.1) is 0 Å². The van der Waals surface area contributed by atoms with Gasteiger partial charge >= 0.3 is 0 Å². The number of hydrogen-bond acceptors (Lipinski definition) is 2. The van der Waals surface area contributed by atoms with Crippen molar-refractivity contribution >= 4 is 5.57 Å². The van der Waals surface area contributed by atoms with Crippen molar-refractivity contribution in [2.75, 3.05) is 0 Å². The van der Waals surface area contributed by atoms with Crippen molar-refractivity contribution in [2.24, 2.45) is 5.92 Å². The molecular weight excluding hydrogens is 224 g/mol. The zero-order chi connectivity index (χ0) is 13.3. The first kappa shape index (κ1) is 12.9. The minimum atomic E-state index is -0.565. The van der Waals surface area contributed by atoms with Crippen molar-refractivity contribution in [3.63, 3.8) is 0 Å². The van der Waals surface area contributed by atoms with Gasteiger partial charge in [0.25, 0.3) is 0 Å². The largest absolute Gasteiger partial charge is 0.507 e. The number of allylic oxidation sites excluding steroid dienone is 1. The van der Waals surface area contributed by atoms with Gasteiger partial charge in [0.2, 0.25) is 0 Å². The summed E-state index contributed by atoms with van der Waals surface area (Å²) in [5, 5.41) is 20.5. The van der Waals surface area contributed by atoms with Crippen molar-refractivity contribution in [3.8, 4) is 5.75 Å². The Morgan fingerprint density at radius 1 is 1.33 bits per heavy atom. The third-order valence-electron chi connectivity index (χ3n) is 3.79. The molecule has 1 aromatic rings. The molecule has 2 N–H and O–H groups in total. The molecule has 1 aliphatic carbocycles.